The third-order valence-electron chi connectivity index (χ3n) is 3.50. The van der Waals surface area contributed by atoms with Gasteiger partial charge in [-0.2, -0.15) is 0 Å². The molecule has 1 aromatic heterocycles. The molecule has 0 aliphatic rings. The van der Waals surface area contributed by atoms with Gasteiger partial charge < -0.3 is 20.5 Å². The molecule has 6 nitrogen and oxygen atoms in total. The van der Waals surface area contributed by atoms with E-state index in [0.717, 1.165) is 12.0 Å². The van der Waals surface area contributed by atoms with E-state index in [1.165, 1.54) is 0 Å². The van der Waals surface area contributed by atoms with Crippen LogP contribution in [-0.2, 0) is 11.3 Å². The Labute approximate surface area is 154 Å². The van der Waals surface area contributed by atoms with Gasteiger partial charge in [-0.15, -0.1) is 12.4 Å². The van der Waals surface area contributed by atoms with Crippen LogP contribution in [0.15, 0.2) is 42.6 Å². The standard InChI is InChI=1S/C18H23N3O3.ClH/c1-3-6-16(19)17(22)21-12-13-7-5-10-20-18(13)24-15-9-4-8-14(11-15)23-2;/h4-5,7-11,16H,3,6,12,19H2,1-2H3,(H,21,22);1H. The molecule has 0 fully saturated rings. The van der Waals surface area contributed by atoms with Crippen molar-refractivity contribution in [1.29, 1.82) is 0 Å². The summed E-state index contributed by atoms with van der Waals surface area (Å²) in [7, 11) is 1.60. The molecule has 25 heavy (non-hydrogen) atoms. The normalized spacial score (nSPS) is 11.2. The van der Waals surface area contributed by atoms with Crippen molar-refractivity contribution in [2.45, 2.75) is 32.4 Å². The van der Waals surface area contributed by atoms with E-state index in [0.29, 0.717) is 30.3 Å². The predicted molar refractivity (Wildman–Crippen MR) is 99.3 cm³/mol. The van der Waals surface area contributed by atoms with E-state index in [9.17, 15) is 4.79 Å². The first-order valence-electron chi connectivity index (χ1n) is 7.93. The Morgan fingerprint density at radius 1 is 1.28 bits per heavy atom. The van der Waals surface area contributed by atoms with Crippen LogP contribution in [0.1, 0.15) is 25.3 Å². The molecule has 136 valence electrons. The van der Waals surface area contributed by atoms with Crippen molar-refractivity contribution in [2.75, 3.05) is 7.11 Å². The molecule has 7 heteroatoms. The van der Waals surface area contributed by atoms with E-state index >= 15 is 0 Å². The van der Waals surface area contributed by atoms with Crippen LogP contribution < -0.4 is 20.5 Å². The molecule has 0 aliphatic heterocycles. The number of halogens is 1. The molecule has 1 atom stereocenters. The van der Waals surface area contributed by atoms with Gasteiger partial charge >= 0.3 is 0 Å². The Balaban J connectivity index is 0.00000312. The van der Waals surface area contributed by atoms with Gasteiger partial charge in [-0.05, 0) is 24.6 Å². The number of methoxy groups -OCH3 is 1. The van der Waals surface area contributed by atoms with E-state index in [1.807, 2.05) is 31.2 Å². The van der Waals surface area contributed by atoms with Crippen molar-refractivity contribution in [3.05, 3.63) is 48.2 Å². The summed E-state index contributed by atoms with van der Waals surface area (Å²) >= 11 is 0. The van der Waals surface area contributed by atoms with Gasteiger partial charge in [0.25, 0.3) is 0 Å². The number of carbonyl (C=O) groups excluding carboxylic acids is 1. The zero-order valence-corrected chi connectivity index (χ0v) is 15.2. The average molecular weight is 366 g/mol. The third-order valence-corrected chi connectivity index (χ3v) is 3.50. The number of ether oxygens (including phenoxy) is 2. The molecule has 1 aromatic carbocycles. The second kappa shape index (κ2) is 10.5. The van der Waals surface area contributed by atoms with Crippen molar-refractivity contribution in [3.63, 3.8) is 0 Å². The molecule has 1 heterocycles. The molecule has 0 saturated carbocycles. The van der Waals surface area contributed by atoms with Crippen molar-refractivity contribution in [1.82, 2.24) is 10.3 Å². The van der Waals surface area contributed by atoms with Crippen molar-refractivity contribution < 1.29 is 14.3 Å². The summed E-state index contributed by atoms with van der Waals surface area (Å²) in [5.41, 5.74) is 6.59. The summed E-state index contributed by atoms with van der Waals surface area (Å²) in [5.74, 6) is 1.58. The highest BCUT2D eigenvalue weighted by molar-refractivity contribution is 5.85. The van der Waals surface area contributed by atoms with E-state index in [4.69, 9.17) is 15.2 Å². The Morgan fingerprint density at radius 3 is 2.76 bits per heavy atom. The van der Waals surface area contributed by atoms with Crippen molar-refractivity contribution in [2.24, 2.45) is 5.73 Å². The van der Waals surface area contributed by atoms with Crippen molar-refractivity contribution >= 4 is 18.3 Å². The molecule has 0 aliphatic carbocycles. The fraction of sp³-hybridized carbons (Fsp3) is 0.333. The van der Waals surface area contributed by atoms with Gasteiger partial charge in [0.15, 0.2) is 0 Å². The molecule has 1 unspecified atom stereocenters. The van der Waals surface area contributed by atoms with Crippen LogP contribution in [0.25, 0.3) is 0 Å². The number of nitrogens with two attached hydrogens (primary N) is 1. The lowest BCUT2D eigenvalue weighted by molar-refractivity contribution is -0.122. The Hall–Kier alpha value is -2.31. The second-order valence-electron chi connectivity index (χ2n) is 5.36. The lowest BCUT2D eigenvalue weighted by Crippen LogP contribution is -2.40. The summed E-state index contributed by atoms with van der Waals surface area (Å²) in [4.78, 5) is 16.2. The van der Waals surface area contributed by atoms with Crippen molar-refractivity contribution in [3.8, 4) is 17.4 Å². The van der Waals surface area contributed by atoms with Gasteiger partial charge in [-0.3, -0.25) is 4.79 Å². The van der Waals surface area contributed by atoms with Gasteiger partial charge in [0.2, 0.25) is 11.8 Å². The summed E-state index contributed by atoms with van der Waals surface area (Å²) in [6, 6.07) is 10.4. The monoisotopic (exact) mass is 365 g/mol. The first kappa shape index (κ1) is 20.7. The highest BCUT2D eigenvalue weighted by Gasteiger charge is 2.13. The minimum absolute atomic E-state index is 0. The molecule has 0 bridgehead atoms. The summed E-state index contributed by atoms with van der Waals surface area (Å²) < 4.78 is 11.0. The van der Waals surface area contributed by atoms with Gasteiger partial charge in [0.05, 0.1) is 13.2 Å². The maximum Gasteiger partial charge on any atom is 0.237 e. The third kappa shape index (κ3) is 6.25. The summed E-state index contributed by atoms with van der Waals surface area (Å²) in [5, 5.41) is 2.82. The molecule has 0 saturated heterocycles. The van der Waals surface area contributed by atoms with Gasteiger partial charge in [0.1, 0.15) is 11.5 Å². The highest BCUT2D eigenvalue weighted by atomic mass is 35.5. The van der Waals surface area contributed by atoms with Crippen LogP contribution in [0.3, 0.4) is 0 Å². The molecule has 2 rings (SSSR count). The van der Waals surface area contributed by atoms with Crippen LogP contribution in [0.4, 0.5) is 0 Å². The molecule has 0 radical (unpaired) electrons. The second-order valence-corrected chi connectivity index (χ2v) is 5.36. The molecule has 3 N–H and O–H groups in total. The number of hydrogen-bond donors (Lipinski definition) is 2. The number of carbonyl (C=O) groups is 1. The first-order chi connectivity index (χ1) is 11.6. The number of benzene rings is 1. The fourth-order valence-corrected chi connectivity index (χ4v) is 2.18. The zero-order chi connectivity index (χ0) is 17.4. The number of nitrogens with one attached hydrogen (secondary N) is 1. The SMILES string of the molecule is CCCC(N)C(=O)NCc1cccnc1Oc1cccc(OC)c1.Cl. The molecule has 0 spiro atoms. The Bertz CT molecular complexity index is 682. The number of aromatic nitrogens is 1. The lowest BCUT2D eigenvalue weighted by atomic mass is 10.1. The minimum atomic E-state index is -0.491. The van der Waals surface area contributed by atoms with E-state index in [-0.39, 0.29) is 18.3 Å². The Morgan fingerprint density at radius 2 is 2.04 bits per heavy atom. The van der Waals surface area contributed by atoms with E-state index < -0.39 is 6.04 Å². The topological polar surface area (TPSA) is 86.5 Å². The summed E-state index contributed by atoms with van der Waals surface area (Å²) in [6.45, 7) is 2.30. The van der Waals surface area contributed by atoms with E-state index in [2.05, 4.69) is 10.3 Å². The molecular formula is C18H24ClN3O3. The van der Waals surface area contributed by atoms with Crippen LogP contribution in [-0.4, -0.2) is 24.0 Å². The first-order valence-corrected chi connectivity index (χ1v) is 7.93. The fourth-order valence-electron chi connectivity index (χ4n) is 2.18. The maximum atomic E-state index is 11.9. The van der Waals surface area contributed by atoms with Crippen LogP contribution in [0.5, 0.6) is 17.4 Å². The number of amides is 1. The van der Waals surface area contributed by atoms with E-state index in [1.54, 1.807) is 25.4 Å². The number of nitrogens with zero attached hydrogens (tertiary/aromatic N) is 1. The largest absolute Gasteiger partial charge is 0.497 e. The van der Waals surface area contributed by atoms with Crippen LogP contribution >= 0.6 is 12.4 Å². The molecule has 2 aromatic rings. The average Bonchev–Trinajstić information content (AvgIpc) is 2.61. The van der Waals surface area contributed by atoms with Gasteiger partial charge in [-0.25, -0.2) is 4.98 Å². The minimum Gasteiger partial charge on any atom is -0.497 e. The molecular weight excluding hydrogens is 342 g/mol. The predicted octanol–water partition coefficient (Wildman–Crippen LogP) is 3.05. The number of rotatable bonds is 8. The quantitative estimate of drug-likeness (QED) is 0.750. The van der Waals surface area contributed by atoms with Crippen LogP contribution in [0, 0.1) is 0 Å². The number of pyridine rings is 1. The molecule has 1 amide bonds. The van der Waals surface area contributed by atoms with Gasteiger partial charge in [-0.1, -0.05) is 25.5 Å². The number of hydrogen-bond acceptors (Lipinski definition) is 5. The summed E-state index contributed by atoms with van der Waals surface area (Å²) in [6.07, 6.45) is 3.17. The Kier molecular flexibility index (Phi) is 8.74. The van der Waals surface area contributed by atoms with Crippen LogP contribution in [0.2, 0.25) is 0 Å². The maximum absolute atomic E-state index is 11.9. The highest BCUT2D eigenvalue weighted by Crippen LogP contribution is 2.26. The smallest absolute Gasteiger partial charge is 0.237 e. The zero-order valence-electron chi connectivity index (χ0n) is 14.4. The lowest BCUT2D eigenvalue weighted by Gasteiger charge is -2.13. The van der Waals surface area contributed by atoms with Gasteiger partial charge in [0, 0.05) is 24.4 Å².